The van der Waals surface area contributed by atoms with Gasteiger partial charge in [0.25, 0.3) is 0 Å². The van der Waals surface area contributed by atoms with Gasteiger partial charge in [0, 0.05) is 45.0 Å². The summed E-state index contributed by atoms with van der Waals surface area (Å²) in [6.07, 6.45) is 10.1. The molecule has 0 saturated carbocycles. The van der Waals surface area contributed by atoms with Crippen LogP contribution in [0.15, 0.2) is 18.6 Å². The monoisotopic (exact) mass is 291 g/mol. The summed E-state index contributed by atoms with van der Waals surface area (Å²) in [5, 5.41) is 0. The summed E-state index contributed by atoms with van der Waals surface area (Å²) in [5.74, 6) is 1.17. The van der Waals surface area contributed by atoms with Gasteiger partial charge in [-0.05, 0) is 19.4 Å². The normalized spacial score (nSPS) is 15.3. The van der Waals surface area contributed by atoms with Crippen molar-refractivity contribution < 1.29 is 4.79 Å². The fourth-order valence-electron chi connectivity index (χ4n) is 2.57. The van der Waals surface area contributed by atoms with Gasteiger partial charge in [0.2, 0.25) is 5.91 Å². The third kappa shape index (κ3) is 4.97. The number of nitrogens with zero attached hydrogens (tertiary/aromatic N) is 4. The molecule has 116 valence electrons. The van der Waals surface area contributed by atoms with Crippen LogP contribution in [0.25, 0.3) is 0 Å². The zero-order chi connectivity index (χ0) is 14.9. The summed E-state index contributed by atoms with van der Waals surface area (Å²) in [5.41, 5.74) is 5.46. The predicted molar refractivity (Wildman–Crippen MR) is 83.0 cm³/mol. The highest BCUT2D eigenvalue weighted by Gasteiger charge is 2.21. The van der Waals surface area contributed by atoms with Crippen LogP contribution in [0.2, 0.25) is 0 Å². The molecule has 1 amide bonds. The van der Waals surface area contributed by atoms with Crippen molar-refractivity contribution in [2.24, 2.45) is 5.73 Å². The van der Waals surface area contributed by atoms with E-state index >= 15 is 0 Å². The average Bonchev–Trinajstić information content (AvgIpc) is 2.55. The molecular formula is C15H25N5O. The van der Waals surface area contributed by atoms with Crippen LogP contribution in [0, 0.1) is 0 Å². The number of carbonyl (C=O) groups is 1. The van der Waals surface area contributed by atoms with Gasteiger partial charge < -0.3 is 15.5 Å². The predicted octanol–water partition coefficient (Wildman–Crippen LogP) is 1.03. The molecule has 1 fully saturated rings. The van der Waals surface area contributed by atoms with Gasteiger partial charge in [0.05, 0.1) is 6.20 Å². The molecule has 2 rings (SSSR count). The lowest BCUT2D eigenvalue weighted by molar-refractivity contribution is -0.131. The second-order valence-corrected chi connectivity index (χ2v) is 5.38. The van der Waals surface area contributed by atoms with Crippen molar-refractivity contribution in [2.45, 2.75) is 32.1 Å². The number of aromatic nitrogens is 2. The molecule has 0 bridgehead atoms. The molecule has 1 aliphatic rings. The molecule has 2 heterocycles. The van der Waals surface area contributed by atoms with E-state index in [0.717, 1.165) is 64.2 Å². The van der Waals surface area contributed by atoms with E-state index in [4.69, 9.17) is 5.73 Å². The van der Waals surface area contributed by atoms with E-state index in [9.17, 15) is 4.79 Å². The topological polar surface area (TPSA) is 75.4 Å². The Balaban J connectivity index is 1.67. The molecule has 0 aliphatic carbocycles. The first-order valence-corrected chi connectivity index (χ1v) is 7.80. The summed E-state index contributed by atoms with van der Waals surface area (Å²) in [4.78, 5) is 24.7. The van der Waals surface area contributed by atoms with Crippen LogP contribution in [0.3, 0.4) is 0 Å². The van der Waals surface area contributed by atoms with Gasteiger partial charge in [0.15, 0.2) is 0 Å². The Morgan fingerprint density at radius 2 is 1.86 bits per heavy atom. The Bertz CT molecular complexity index is 417. The standard InChI is InChI=1S/C15H25N5O/c16-6-4-2-1-3-5-15(21)20-11-9-19(10-12-20)14-13-17-7-8-18-14/h7-8,13H,1-6,9-12,16H2. The molecule has 0 spiro atoms. The highest BCUT2D eigenvalue weighted by atomic mass is 16.2. The lowest BCUT2D eigenvalue weighted by atomic mass is 10.1. The van der Waals surface area contributed by atoms with Crippen molar-refractivity contribution in [1.29, 1.82) is 0 Å². The van der Waals surface area contributed by atoms with E-state index in [1.165, 1.54) is 0 Å². The second-order valence-electron chi connectivity index (χ2n) is 5.38. The third-order valence-corrected chi connectivity index (χ3v) is 3.85. The van der Waals surface area contributed by atoms with Crippen LogP contribution in [0.4, 0.5) is 5.82 Å². The zero-order valence-corrected chi connectivity index (χ0v) is 12.6. The number of hydrogen-bond acceptors (Lipinski definition) is 5. The van der Waals surface area contributed by atoms with Crippen LogP contribution in [0.5, 0.6) is 0 Å². The molecule has 1 aliphatic heterocycles. The van der Waals surface area contributed by atoms with Gasteiger partial charge in [-0.15, -0.1) is 0 Å². The smallest absolute Gasteiger partial charge is 0.222 e. The fraction of sp³-hybridized carbons (Fsp3) is 0.667. The molecule has 6 nitrogen and oxygen atoms in total. The van der Waals surface area contributed by atoms with Crippen molar-refractivity contribution in [1.82, 2.24) is 14.9 Å². The fourth-order valence-corrected chi connectivity index (χ4v) is 2.57. The highest BCUT2D eigenvalue weighted by molar-refractivity contribution is 5.76. The Hall–Kier alpha value is -1.69. The first kappa shape index (κ1) is 15.7. The van der Waals surface area contributed by atoms with Crippen molar-refractivity contribution in [3.8, 4) is 0 Å². The summed E-state index contributed by atoms with van der Waals surface area (Å²) >= 11 is 0. The number of piperazine rings is 1. The van der Waals surface area contributed by atoms with Crippen molar-refractivity contribution >= 4 is 11.7 Å². The largest absolute Gasteiger partial charge is 0.352 e. The number of carbonyl (C=O) groups excluding carboxylic acids is 1. The second kappa shape index (κ2) is 8.56. The van der Waals surface area contributed by atoms with Crippen molar-refractivity contribution in [2.75, 3.05) is 37.6 Å². The van der Waals surface area contributed by atoms with Gasteiger partial charge in [-0.3, -0.25) is 9.78 Å². The molecule has 1 aromatic heterocycles. The van der Waals surface area contributed by atoms with E-state index in [1.54, 1.807) is 18.6 Å². The van der Waals surface area contributed by atoms with Gasteiger partial charge in [-0.1, -0.05) is 12.8 Å². The number of rotatable bonds is 7. The van der Waals surface area contributed by atoms with Crippen LogP contribution in [-0.4, -0.2) is 53.5 Å². The minimum absolute atomic E-state index is 0.279. The average molecular weight is 291 g/mol. The van der Waals surface area contributed by atoms with Crippen LogP contribution < -0.4 is 10.6 Å². The molecule has 1 aromatic rings. The number of amides is 1. The number of hydrogen-bond donors (Lipinski definition) is 1. The Morgan fingerprint density at radius 1 is 1.10 bits per heavy atom. The molecule has 0 radical (unpaired) electrons. The van der Waals surface area contributed by atoms with Crippen LogP contribution in [-0.2, 0) is 4.79 Å². The van der Waals surface area contributed by atoms with Crippen LogP contribution >= 0.6 is 0 Å². The Labute approximate surface area is 126 Å². The highest BCUT2D eigenvalue weighted by Crippen LogP contribution is 2.13. The molecule has 0 aromatic carbocycles. The molecule has 6 heteroatoms. The molecule has 2 N–H and O–H groups in total. The Morgan fingerprint density at radius 3 is 2.52 bits per heavy atom. The summed E-state index contributed by atoms with van der Waals surface area (Å²) in [6.45, 7) is 3.96. The van der Waals surface area contributed by atoms with E-state index in [2.05, 4.69) is 14.9 Å². The number of nitrogens with two attached hydrogens (primary N) is 1. The summed E-state index contributed by atoms with van der Waals surface area (Å²) < 4.78 is 0. The van der Waals surface area contributed by atoms with Gasteiger partial charge in [0.1, 0.15) is 5.82 Å². The summed E-state index contributed by atoms with van der Waals surface area (Å²) in [6, 6.07) is 0. The minimum atomic E-state index is 0.279. The molecule has 0 unspecified atom stereocenters. The first-order chi connectivity index (χ1) is 10.3. The van der Waals surface area contributed by atoms with Gasteiger partial charge >= 0.3 is 0 Å². The Kier molecular flexibility index (Phi) is 6.40. The molecule has 0 atom stereocenters. The van der Waals surface area contributed by atoms with Gasteiger partial charge in [-0.25, -0.2) is 4.98 Å². The molecule has 21 heavy (non-hydrogen) atoms. The quantitative estimate of drug-likeness (QED) is 0.760. The van der Waals surface area contributed by atoms with Crippen molar-refractivity contribution in [3.05, 3.63) is 18.6 Å². The third-order valence-electron chi connectivity index (χ3n) is 3.85. The van der Waals surface area contributed by atoms with Crippen LogP contribution in [0.1, 0.15) is 32.1 Å². The molecular weight excluding hydrogens is 266 g/mol. The van der Waals surface area contributed by atoms with E-state index in [0.29, 0.717) is 6.42 Å². The SMILES string of the molecule is NCCCCCCC(=O)N1CCN(c2cnccn2)CC1. The van der Waals surface area contributed by atoms with E-state index < -0.39 is 0 Å². The maximum Gasteiger partial charge on any atom is 0.222 e. The lowest BCUT2D eigenvalue weighted by Crippen LogP contribution is -2.49. The van der Waals surface area contributed by atoms with Gasteiger partial charge in [-0.2, -0.15) is 0 Å². The first-order valence-electron chi connectivity index (χ1n) is 7.80. The lowest BCUT2D eigenvalue weighted by Gasteiger charge is -2.35. The maximum absolute atomic E-state index is 12.1. The molecule has 1 saturated heterocycles. The van der Waals surface area contributed by atoms with Crippen molar-refractivity contribution in [3.63, 3.8) is 0 Å². The minimum Gasteiger partial charge on any atom is -0.352 e. The summed E-state index contributed by atoms with van der Waals surface area (Å²) in [7, 11) is 0. The maximum atomic E-state index is 12.1. The zero-order valence-electron chi connectivity index (χ0n) is 12.6. The number of anilines is 1. The number of unbranched alkanes of at least 4 members (excludes halogenated alkanes) is 3. The van der Waals surface area contributed by atoms with E-state index in [1.807, 2.05) is 4.90 Å². The van der Waals surface area contributed by atoms with E-state index in [-0.39, 0.29) is 5.91 Å².